The Labute approximate surface area is 167 Å². The Kier molecular flexibility index (Phi) is 4.75. The first-order chi connectivity index (χ1) is 14.0. The van der Waals surface area contributed by atoms with Crippen LogP contribution in [-0.2, 0) is 9.59 Å². The van der Waals surface area contributed by atoms with Crippen LogP contribution < -0.4 is 15.0 Å². The van der Waals surface area contributed by atoms with Crippen molar-refractivity contribution in [1.82, 2.24) is 10.2 Å². The van der Waals surface area contributed by atoms with E-state index in [0.29, 0.717) is 29.1 Å². The molecule has 0 radical (unpaired) electrons. The third kappa shape index (κ3) is 3.44. The number of anilines is 1. The number of carbonyl (C=O) groups is 4. The number of fused-ring (bicyclic) bond motifs is 1. The third-order valence-corrected chi connectivity index (χ3v) is 5.05. The minimum Gasteiger partial charge on any atom is -0.497 e. The number of imide groups is 1. The third-order valence-electron chi connectivity index (χ3n) is 5.05. The Morgan fingerprint density at radius 3 is 2.24 bits per heavy atom. The molecule has 29 heavy (non-hydrogen) atoms. The van der Waals surface area contributed by atoms with Crippen LogP contribution in [0, 0.1) is 0 Å². The maximum absolute atomic E-state index is 12.4. The Bertz CT molecular complexity index is 967. The Hall–Kier alpha value is -3.68. The van der Waals surface area contributed by atoms with Gasteiger partial charge in [0.05, 0.1) is 24.3 Å². The first kappa shape index (κ1) is 18.7. The summed E-state index contributed by atoms with van der Waals surface area (Å²) in [7, 11) is 1.57. The number of nitrogens with zero attached hydrogens (tertiary/aromatic N) is 2. The van der Waals surface area contributed by atoms with Crippen molar-refractivity contribution in [1.29, 1.82) is 0 Å². The molecule has 1 N–H and O–H groups in total. The van der Waals surface area contributed by atoms with E-state index in [1.807, 2.05) is 0 Å². The van der Waals surface area contributed by atoms with Crippen LogP contribution in [0.25, 0.3) is 0 Å². The summed E-state index contributed by atoms with van der Waals surface area (Å²) < 4.78 is 5.12. The Morgan fingerprint density at radius 1 is 1.03 bits per heavy atom. The summed E-state index contributed by atoms with van der Waals surface area (Å²) >= 11 is 0. The molecule has 2 aliphatic rings. The summed E-state index contributed by atoms with van der Waals surface area (Å²) in [4.78, 5) is 52.0. The predicted molar refractivity (Wildman–Crippen MR) is 104 cm³/mol. The number of methoxy groups -OCH3 is 1. The highest BCUT2D eigenvalue weighted by atomic mass is 16.5. The molecule has 0 bridgehead atoms. The zero-order chi connectivity index (χ0) is 20.5. The number of hydrogen-bond donors (Lipinski definition) is 1. The van der Waals surface area contributed by atoms with E-state index in [1.165, 1.54) is 0 Å². The summed E-state index contributed by atoms with van der Waals surface area (Å²) in [6, 6.07) is 13.2. The second-order valence-electron chi connectivity index (χ2n) is 6.91. The van der Waals surface area contributed by atoms with Crippen LogP contribution in [0.1, 0.15) is 27.1 Å². The molecule has 0 aromatic heterocycles. The van der Waals surface area contributed by atoms with Gasteiger partial charge in [0.2, 0.25) is 11.8 Å². The van der Waals surface area contributed by atoms with E-state index in [1.54, 1.807) is 60.5 Å². The van der Waals surface area contributed by atoms with Gasteiger partial charge in [0.1, 0.15) is 12.3 Å². The molecular formula is C21H19N3O5. The Morgan fingerprint density at radius 2 is 1.66 bits per heavy atom. The molecule has 8 heteroatoms. The minimum absolute atomic E-state index is 0.110. The molecule has 1 fully saturated rings. The van der Waals surface area contributed by atoms with E-state index < -0.39 is 23.8 Å². The van der Waals surface area contributed by atoms with E-state index in [2.05, 4.69) is 5.32 Å². The summed E-state index contributed by atoms with van der Waals surface area (Å²) in [6.45, 7) is -0.0570. The van der Waals surface area contributed by atoms with Crippen molar-refractivity contribution in [3.63, 3.8) is 0 Å². The molecule has 2 aromatic carbocycles. The first-order valence-electron chi connectivity index (χ1n) is 9.17. The molecule has 4 rings (SSSR count). The van der Waals surface area contributed by atoms with Gasteiger partial charge in [-0.15, -0.1) is 0 Å². The average molecular weight is 393 g/mol. The molecule has 2 heterocycles. The standard InChI is InChI=1S/C21H19N3O5/c1-29-15-8-6-14(7-9-15)23-11-13(10-19(23)26)22-18(25)12-24-20(27)16-4-2-3-5-17(16)21(24)28/h2-9,13H,10-12H2,1H3,(H,22,25)/t13-/m0/s1. The molecule has 2 aromatic rings. The van der Waals surface area contributed by atoms with Crippen molar-refractivity contribution >= 4 is 29.3 Å². The molecule has 8 nitrogen and oxygen atoms in total. The van der Waals surface area contributed by atoms with Crippen molar-refractivity contribution in [2.45, 2.75) is 12.5 Å². The molecular weight excluding hydrogens is 374 g/mol. The zero-order valence-corrected chi connectivity index (χ0v) is 15.8. The molecule has 148 valence electrons. The average Bonchev–Trinajstić information content (AvgIpc) is 3.21. The van der Waals surface area contributed by atoms with Crippen molar-refractivity contribution in [3.05, 3.63) is 59.7 Å². The highest BCUT2D eigenvalue weighted by Gasteiger charge is 2.37. The van der Waals surface area contributed by atoms with Gasteiger partial charge < -0.3 is 15.0 Å². The summed E-state index contributed by atoms with van der Waals surface area (Å²) in [5.41, 5.74) is 1.31. The maximum Gasteiger partial charge on any atom is 0.262 e. The molecule has 0 spiro atoms. The number of hydrogen-bond acceptors (Lipinski definition) is 5. The van der Waals surface area contributed by atoms with E-state index in [9.17, 15) is 19.2 Å². The van der Waals surface area contributed by atoms with E-state index in [4.69, 9.17) is 4.74 Å². The normalized spacial score (nSPS) is 18.2. The number of ether oxygens (including phenoxy) is 1. The maximum atomic E-state index is 12.4. The van der Waals surface area contributed by atoms with Gasteiger partial charge in [0.25, 0.3) is 11.8 Å². The molecule has 4 amide bonds. The van der Waals surface area contributed by atoms with Gasteiger partial charge >= 0.3 is 0 Å². The number of nitrogens with one attached hydrogen (secondary N) is 1. The fourth-order valence-corrected chi connectivity index (χ4v) is 3.62. The minimum atomic E-state index is -0.483. The molecule has 0 aliphatic carbocycles. The predicted octanol–water partition coefficient (Wildman–Crippen LogP) is 1.21. The van der Waals surface area contributed by atoms with Gasteiger partial charge in [-0.3, -0.25) is 24.1 Å². The van der Waals surface area contributed by atoms with E-state index in [-0.39, 0.29) is 18.9 Å². The molecule has 1 saturated heterocycles. The number of benzene rings is 2. The SMILES string of the molecule is COc1ccc(N2C[C@@H](NC(=O)CN3C(=O)c4ccccc4C3=O)CC2=O)cc1. The lowest BCUT2D eigenvalue weighted by molar-refractivity contribution is -0.122. The monoisotopic (exact) mass is 393 g/mol. The Balaban J connectivity index is 1.38. The lowest BCUT2D eigenvalue weighted by atomic mass is 10.1. The van der Waals surface area contributed by atoms with Crippen molar-refractivity contribution in [2.24, 2.45) is 0 Å². The van der Waals surface area contributed by atoms with Crippen LogP contribution >= 0.6 is 0 Å². The summed E-state index contributed by atoms with van der Waals surface area (Å²) in [5, 5.41) is 2.75. The quantitative estimate of drug-likeness (QED) is 0.771. The number of amides is 4. The van der Waals surface area contributed by atoms with Crippen molar-refractivity contribution in [2.75, 3.05) is 25.1 Å². The van der Waals surface area contributed by atoms with Gasteiger partial charge in [-0.05, 0) is 36.4 Å². The second kappa shape index (κ2) is 7.38. The first-order valence-corrected chi connectivity index (χ1v) is 9.17. The molecule has 2 aliphatic heterocycles. The zero-order valence-electron chi connectivity index (χ0n) is 15.8. The van der Waals surface area contributed by atoms with E-state index >= 15 is 0 Å². The molecule has 0 unspecified atom stereocenters. The van der Waals surface area contributed by atoms with Gasteiger partial charge in [0, 0.05) is 18.7 Å². The van der Waals surface area contributed by atoms with Gasteiger partial charge in [-0.25, -0.2) is 0 Å². The van der Waals surface area contributed by atoms with Crippen molar-refractivity contribution < 1.29 is 23.9 Å². The summed E-state index contributed by atoms with van der Waals surface area (Å²) in [5.74, 6) is -0.868. The second-order valence-corrected chi connectivity index (χ2v) is 6.91. The van der Waals surface area contributed by atoms with Crippen LogP contribution in [0.3, 0.4) is 0 Å². The lowest BCUT2D eigenvalue weighted by Gasteiger charge is -2.19. The van der Waals surface area contributed by atoms with Crippen LogP contribution in [0.15, 0.2) is 48.5 Å². The van der Waals surface area contributed by atoms with E-state index in [0.717, 1.165) is 4.90 Å². The number of rotatable bonds is 5. The van der Waals surface area contributed by atoms with Crippen LogP contribution in [-0.4, -0.2) is 54.8 Å². The topological polar surface area (TPSA) is 96.0 Å². The summed E-state index contributed by atoms with van der Waals surface area (Å²) in [6.07, 6.45) is 0.153. The fraction of sp³-hybridized carbons (Fsp3) is 0.238. The molecule has 1 atom stereocenters. The largest absolute Gasteiger partial charge is 0.497 e. The smallest absolute Gasteiger partial charge is 0.262 e. The molecule has 0 saturated carbocycles. The van der Waals surface area contributed by atoms with Crippen LogP contribution in [0.2, 0.25) is 0 Å². The van der Waals surface area contributed by atoms with Gasteiger partial charge in [-0.2, -0.15) is 0 Å². The highest BCUT2D eigenvalue weighted by Crippen LogP contribution is 2.25. The number of carbonyl (C=O) groups excluding carboxylic acids is 4. The van der Waals surface area contributed by atoms with Gasteiger partial charge in [0.15, 0.2) is 0 Å². The van der Waals surface area contributed by atoms with Crippen LogP contribution in [0.4, 0.5) is 5.69 Å². The fourth-order valence-electron chi connectivity index (χ4n) is 3.62. The lowest BCUT2D eigenvalue weighted by Crippen LogP contribution is -2.44. The van der Waals surface area contributed by atoms with Crippen LogP contribution in [0.5, 0.6) is 5.75 Å². The highest BCUT2D eigenvalue weighted by molar-refractivity contribution is 6.22. The van der Waals surface area contributed by atoms with Crippen molar-refractivity contribution in [3.8, 4) is 5.75 Å². The van der Waals surface area contributed by atoms with Gasteiger partial charge in [-0.1, -0.05) is 12.1 Å².